The molecule has 1 heterocycles. The minimum atomic E-state index is -0.0608. The molecule has 2 rings (SSSR count). The van der Waals surface area contributed by atoms with Crippen LogP contribution in [0.2, 0.25) is 0 Å². The van der Waals surface area contributed by atoms with Gasteiger partial charge in [-0.1, -0.05) is 23.9 Å². The molecule has 1 N–H and O–H groups in total. The summed E-state index contributed by atoms with van der Waals surface area (Å²) in [6.45, 7) is 5.71. The Morgan fingerprint density at radius 3 is 2.95 bits per heavy atom. The number of nitrogens with zero attached hydrogens (tertiary/aromatic N) is 3. The van der Waals surface area contributed by atoms with Crippen molar-refractivity contribution in [2.24, 2.45) is 0 Å². The van der Waals surface area contributed by atoms with Crippen molar-refractivity contribution in [3.8, 4) is 0 Å². The van der Waals surface area contributed by atoms with E-state index in [0.29, 0.717) is 6.04 Å². The maximum atomic E-state index is 11.1. The van der Waals surface area contributed by atoms with E-state index in [1.165, 1.54) is 6.92 Å². The fourth-order valence-corrected chi connectivity index (χ4v) is 2.77. The number of rotatable bonds is 5. The predicted molar refractivity (Wildman–Crippen MR) is 80.7 cm³/mol. The molecule has 0 atom stereocenters. The molecule has 0 spiro atoms. The van der Waals surface area contributed by atoms with E-state index in [1.807, 2.05) is 28.8 Å². The molecule has 6 heteroatoms. The van der Waals surface area contributed by atoms with Gasteiger partial charge in [0.1, 0.15) is 6.33 Å². The van der Waals surface area contributed by atoms with E-state index in [0.717, 1.165) is 22.2 Å². The SMILES string of the molecule is CC(=O)Nc1cccc(CSc2nncn2C(C)C)c1. The summed E-state index contributed by atoms with van der Waals surface area (Å²) in [4.78, 5) is 11.1. The lowest BCUT2D eigenvalue weighted by Crippen LogP contribution is -2.05. The normalized spacial score (nSPS) is 10.8. The standard InChI is InChI=1S/C14H18N4OS/c1-10(2)18-9-15-17-14(18)20-8-12-5-4-6-13(7-12)16-11(3)19/h4-7,9-10H,8H2,1-3H3,(H,16,19). The third kappa shape index (κ3) is 3.84. The van der Waals surface area contributed by atoms with Crippen molar-refractivity contribution in [3.63, 3.8) is 0 Å². The van der Waals surface area contributed by atoms with Crippen LogP contribution in [0, 0.1) is 0 Å². The molecule has 0 unspecified atom stereocenters. The zero-order chi connectivity index (χ0) is 14.5. The Labute approximate surface area is 122 Å². The summed E-state index contributed by atoms with van der Waals surface area (Å²) in [5.41, 5.74) is 1.96. The number of aromatic nitrogens is 3. The van der Waals surface area contributed by atoms with Crippen molar-refractivity contribution >= 4 is 23.4 Å². The monoisotopic (exact) mass is 290 g/mol. The number of carbonyl (C=O) groups is 1. The van der Waals surface area contributed by atoms with Gasteiger partial charge < -0.3 is 9.88 Å². The molecule has 0 radical (unpaired) electrons. The van der Waals surface area contributed by atoms with Crippen LogP contribution < -0.4 is 5.32 Å². The van der Waals surface area contributed by atoms with Gasteiger partial charge in [0.25, 0.3) is 0 Å². The van der Waals surface area contributed by atoms with E-state index in [9.17, 15) is 4.79 Å². The van der Waals surface area contributed by atoms with E-state index in [4.69, 9.17) is 0 Å². The summed E-state index contributed by atoms with van der Waals surface area (Å²) in [7, 11) is 0. The Hall–Kier alpha value is -1.82. The first-order valence-corrected chi connectivity index (χ1v) is 7.43. The first-order chi connectivity index (χ1) is 9.56. The zero-order valence-corrected chi connectivity index (χ0v) is 12.6. The number of anilines is 1. The third-order valence-electron chi connectivity index (χ3n) is 2.71. The second kappa shape index (κ2) is 6.56. The molecule has 1 amide bonds. The van der Waals surface area contributed by atoms with Crippen molar-refractivity contribution in [3.05, 3.63) is 36.2 Å². The second-order valence-electron chi connectivity index (χ2n) is 4.78. The van der Waals surface area contributed by atoms with E-state index >= 15 is 0 Å². The predicted octanol–water partition coefficient (Wildman–Crippen LogP) is 3.11. The summed E-state index contributed by atoms with van der Waals surface area (Å²) >= 11 is 1.64. The average Bonchev–Trinajstić information content (AvgIpc) is 2.84. The minimum Gasteiger partial charge on any atom is -0.326 e. The summed E-state index contributed by atoms with van der Waals surface area (Å²) in [5, 5.41) is 11.8. The maximum absolute atomic E-state index is 11.1. The van der Waals surface area contributed by atoms with Gasteiger partial charge in [-0.05, 0) is 31.5 Å². The Morgan fingerprint density at radius 2 is 2.25 bits per heavy atom. The molecule has 1 aromatic heterocycles. The van der Waals surface area contributed by atoms with Gasteiger partial charge in [-0.3, -0.25) is 4.79 Å². The smallest absolute Gasteiger partial charge is 0.221 e. The molecule has 1 aromatic carbocycles. The van der Waals surface area contributed by atoms with Crippen LogP contribution in [0.5, 0.6) is 0 Å². The fourth-order valence-electron chi connectivity index (χ4n) is 1.78. The minimum absolute atomic E-state index is 0.0608. The molecule has 0 saturated carbocycles. The van der Waals surface area contributed by atoms with E-state index < -0.39 is 0 Å². The molecule has 0 aliphatic rings. The van der Waals surface area contributed by atoms with Crippen LogP contribution >= 0.6 is 11.8 Å². The van der Waals surface area contributed by atoms with Crippen LogP contribution in [0.4, 0.5) is 5.69 Å². The lowest BCUT2D eigenvalue weighted by molar-refractivity contribution is -0.114. The van der Waals surface area contributed by atoms with Gasteiger partial charge in [-0.15, -0.1) is 10.2 Å². The van der Waals surface area contributed by atoms with Crippen LogP contribution in [0.1, 0.15) is 32.4 Å². The third-order valence-corrected chi connectivity index (χ3v) is 3.74. The van der Waals surface area contributed by atoms with E-state index in [-0.39, 0.29) is 5.91 Å². The first-order valence-electron chi connectivity index (χ1n) is 6.45. The highest BCUT2D eigenvalue weighted by Crippen LogP contribution is 2.24. The van der Waals surface area contributed by atoms with Gasteiger partial charge in [0.2, 0.25) is 5.91 Å². The Bertz CT molecular complexity index is 594. The molecular weight excluding hydrogens is 272 g/mol. The Balaban J connectivity index is 2.03. The molecule has 0 aliphatic heterocycles. The van der Waals surface area contributed by atoms with Crippen LogP contribution in [0.25, 0.3) is 0 Å². The number of thioether (sulfide) groups is 1. The quantitative estimate of drug-likeness (QED) is 0.860. The van der Waals surface area contributed by atoms with Crippen molar-refractivity contribution < 1.29 is 4.79 Å². The van der Waals surface area contributed by atoms with Gasteiger partial charge >= 0.3 is 0 Å². The fraction of sp³-hybridized carbons (Fsp3) is 0.357. The number of benzene rings is 1. The first kappa shape index (κ1) is 14.6. The lowest BCUT2D eigenvalue weighted by Gasteiger charge is -2.09. The lowest BCUT2D eigenvalue weighted by atomic mass is 10.2. The highest BCUT2D eigenvalue weighted by atomic mass is 32.2. The summed E-state index contributed by atoms with van der Waals surface area (Å²) in [6, 6.07) is 8.18. The average molecular weight is 290 g/mol. The molecule has 5 nitrogen and oxygen atoms in total. The van der Waals surface area contributed by atoms with E-state index in [2.05, 4.69) is 29.4 Å². The van der Waals surface area contributed by atoms with Crippen molar-refractivity contribution in [2.45, 2.75) is 37.7 Å². The largest absolute Gasteiger partial charge is 0.326 e. The van der Waals surface area contributed by atoms with Crippen molar-refractivity contribution in [2.75, 3.05) is 5.32 Å². The zero-order valence-electron chi connectivity index (χ0n) is 11.8. The van der Waals surface area contributed by atoms with Crippen molar-refractivity contribution in [1.29, 1.82) is 0 Å². The van der Waals surface area contributed by atoms with Gasteiger partial charge in [-0.2, -0.15) is 0 Å². The Kier molecular flexibility index (Phi) is 4.79. The van der Waals surface area contributed by atoms with Crippen LogP contribution in [-0.4, -0.2) is 20.7 Å². The van der Waals surface area contributed by atoms with Crippen molar-refractivity contribution in [1.82, 2.24) is 14.8 Å². The summed E-state index contributed by atoms with van der Waals surface area (Å²) < 4.78 is 2.04. The Morgan fingerprint density at radius 1 is 1.45 bits per heavy atom. The molecule has 0 aliphatic carbocycles. The van der Waals surface area contributed by atoms with Crippen LogP contribution in [0.15, 0.2) is 35.7 Å². The van der Waals surface area contributed by atoms with Crippen LogP contribution in [0.3, 0.4) is 0 Å². The number of hydrogen-bond acceptors (Lipinski definition) is 4. The molecule has 20 heavy (non-hydrogen) atoms. The van der Waals surface area contributed by atoms with Gasteiger partial charge in [0.15, 0.2) is 5.16 Å². The summed E-state index contributed by atoms with van der Waals surface area (Å²) in [6.07, 6.45) is 1.75. The van der Waals surface area contributed by atoms with Gasteiger partial charge in [0.05, 0.1) is 0 Å². The molecule has 0 fully saturated rings. The second-order valence-corrected chi connectivity index (χ2v) is 5.73. The van der Waals surface area contributed by atoms with E-state index in [1.54, 1.807) is 18.1 Å². The molecule has 106 valence electrons. The number of amides is 1. The van der Waals surface area contributed by atoms with Crippen LogP contribution in [-0.2, 0) is 10.5 Å². The number of carbonyl (C=O) groups excluding carboxylic acids is 1. The number of hydrogen-bond donors (Lipinski definition) is 1. The highest BCUT2D eigenvalue weighted by molar-refractivity contribution is 7.98. The summed E-state index contributed by atoms with van der Waals surface area (Å²) in [5.74, 6) is 0.730. The maximum Gasteiger partial charge on any atom is 0.221 e. The highest BCUT2D eigenvalue weighted by Gasteiger charge is 2.08. The van der Waals surface area contributed by atoms with Gasteiger partial charge in [-0.25, -0.2) is 0 Å². The molecule has 2 aromatic rings. The van der Waals surface area contributed by atoms with Gasteiger partial charge in [0, 0.05) is 24.4 Å². The molecular formula is C14H18N4OS. The topological polar surface area (TPSA) is 59.8 Å². The molecule has 0 bridgehead atoms. The number of nitrogens with one attached hydrogen (secondary N) is 1. The molecule has 0 saturated heterocycles.